The van der Waals surface area contributed by atoms with Crippen LogP contribution in [-0.2, 0) is 5.41 Å². The molecule has 0 saturated carbocycles. The van der Waals surface area contributed by atoms with Crippen molar-refractivity contribution in [1.29, 1.82) is 0 Å². The van der Waals surface area contributed by atoms with E-state index in [9.17, 15) is 0 Å². The Morgan fingerprint density at radius 2 is 1.24 bits per heavy atom. The second kappa shape index (κ2) is 8.72. The number of anilines is 2. The van der Waals surface area contributed by atoms with Crippen LogP contribution in [0.5, 0.6) is 0 Å². The fourth-order valence-corrected chi connectivity index (χ4v) is 7.11. The smallest absolute Gasteiger partial charge is 0.0597 e. The summed E-state index contributed by atoms with van der Waals surface area (Å²) in [6.07, 6.45) is 0. The lowest BCUT2D eigenvalue weighted by Crippen LogP contribution is -2.10. The molecule has 0 amide bonds. The Bertz CT molecular complexity index is 1970. The molecule has 1 nitrogen and oxygen atoms in total. The number of rotatable bonds is 3. The summed E-state index contributed by atoms with van der Waals surface area (Å²) in [7, 11) is 0. The van der Waals surface area contributed by atoms with Crippen LogP contribution in [0.3, 0.4) is 0 Å². The molecule has 0 fully saturated rings. The van der Waals surface area contributed by atoms with E-state index in [1.54, 1.807) is 0 Å². The van der Waals surface area contributed by atoms with E-state index in [0.29, 0.717) is 0 Å². The van der Waals surface area contributed by atoms with Gasteiger partial charge in [-0.05, 0) is 67.9 Å². The third-order valence-corrected chi connectivity index (χ3v) is 8.82. The maximum Gasteiger partial charge on any atom is 0.0597 e. The van der Waals surface area contributed by atoms with Crippen LogP contribution in [0.15, 0.2) is 115 Å². The molecule has 0 atom stereocenters. The quantitative estimate of drug-likeness (QED) is 0.251. The zero-order chi connectivity index (χ0) is 25.9. The zero-order valence-electron chi connectivity index (χ0n) is 21.9. The van der Waals surface area contributed by atoms with Crippen molar-refractivity contribution < 1.29 is 0 Å². The lowest BCUT2D eigenvalue weighted by atomic mass is 9.86. The Hall–Kier alpha value is -4.14. The minimum atomic E-state index is 0.0857. The molecular formula is C36H29NS. The van der Waals surface area contributed by atoms with Gasteiger partial charge in [-0.15, -0.1) is 11.3 Å². The first-order valence-corrected chi connectivity index (χ1v) is 14.0. The average molecular weight is 508 g/mol. The normalized spacial score (nSPS) is 12.1. The van der Waals surface area contributed by atoms with Gasteiger partial charge in [-0.25, -0.2) is 0 Å². The SMILES string of the molecule is CC(C)(C)c1cccc2c1sc1c(Nc3ccc(-c4ccc5ccccc5c4)cc3)cc3ccccc3c12. The maximum absolute atomic E-state index is 3.78. The third kappa shape index (κ3) is 3.84. The first-order valence-electron chi connectivity index (χ1n) is 13.2. The Morgan fingerprint density at radius 1 is 0.553 bits per heavy atom. The molecule has 2 heteroatoms. The third-order valence-electron chi connectivity index (χ3n) is 7.54. The van der Waals surface area contributed by atoms with Gasteiger partial charge in [-0.3, -0.25) is 0 Å². The van der Waals surface area contributed by atoms with E-state index in [1.807, 2.05) is 11.3 Å². The molecule has 0 unspecified atom stereocenters. The predicted molar refractivity (Wildman–Crippen MR) is 168 cm³/mol. The number of hydrogen-bond acceptors (Lipinski definition) is 2. The summed E-state index contributed by atoms with van der Waals surface area (Å²) in [5, 5.41) is 11.6. The van der Waals surface area contributed by atoms with Crippen LogP contribution in [0.4, 0.5) is 11.4 Å². The summed E-state index contributed by atoms with van der Waals surface area (Å²) >= 11 is 1.91. The molecule has 0 saturated heterocycles. The number of nitrogens with one attached hydrogen (secondary N) is 1. The average Bonchev–Trinajstić information content (AvgIpc) is 3.33. The minimum absolute atomic E-state index is 0.0857. The summed E-state index contributed by atoms with van der Waals surface area (Å²) in [6.45, 7) is 6.92. The summed E-state index contributed by atoms with van der Waals surface area (Å²) in [4.78, 5) is 0. The topological polar surface area (TPSA) is 12.0 Å². The van der Waals surface area contributed by atoms with E-state index < -0.39 is 0 Å². The molecule has 0 spiro atoms. The van der Waals surface area contributed by atoms with Gasteiger partial charge in [-0.1, -0.05) is 112 Å². The fourth-order valence-electron chi connectivity index (χ4n) is 5.60. The largest absolute Gasteiger partial charge is 0.354 e. The molecule has 184 valence electrons. The molecule has 7 aromatic rings. The van der Waals surface area contributed by atoms with Crippen LogP contribution in [0, 0.1) is 0 Å². The molecule has 0 aliphatic rings. The molecule has 0 aliphatic heterocycles. The minimum Gasteiger partial charge on any atom is -0.354 e. The van der Waals surface area contributed by atoms with Gasteiger partial charge in [-0.2, -0.15) is 0 Å². The number of fused-ring (bicyclic) bond motifs is 6. The molecule has 6 aromatic carbocycles. The van der Waals surface area contributed by atoms with Crippen LogP contribution in [0.1, 0.15) is 26.3 Å². The summed E-state index contributed by atoms with van der Waals surface area (Å²) < 4.78 is 2.70. The van der Waals surface area contributed by atoms with Gasteiger partial charge in [0.25, 0.3) is 0 Å². The van der Waals surface area contributed by atoms with Crippen LogP contribution in [-0.4, -0.2) is 0 Å². The van der Waals surface area contributed by atoms with E-state index in [4.69, 9.17) is 0 Å². The van der Waals surface area contributed by atoms with Gasteiger partial charge in [0.1, 0.15) is 0 Å². The van der Waals surface area contributed by atoms with Gasteiger partial charge in [0.2, 0.25) is 0 Å². The van der Waals surface area contributed by atoms with Crippen molar-refractivity contribution in [3.63, 3.8) is 0 Å². The Morgan fingerprint density at radius 3 is 2.03 bits per heavy atom. The van der Waals surface area contributed by atoms with Crippen molar-refractivity contribution in [3.8, 4) is 11.1 Å². The van der Waals surface area contributed by atoms with Crippen LogP contribution >= 0.6 is 11.3 Å². The number of benzene rings is 6. The highest BCUT2D eigenvalue weighted by molar-refractivity contribution is 7.26. The first-order chi connectivity index (χ1) is 18.5. The van der Waals surface area contributed by atoms with E-state index in [0.717, 1.165) is 5.69 Å². The van der Waals surface area contributed by atoms with Crippen LogP contribution in [0.25, 0.3) is 52.8 Å². The second-order valence-corrected chi connectivity index (χ2v) is 12.2. The maximum atomic E-state index is 3.78. The zero-order valence-corrected chi connectivity index (χ0v) is 22.7. The Labute approximate surface area is 227 Å². The molecule has 0 bridgehead atoms. The lowest BCUT2D eigenvalue weighted by Gasteiger charge is -2.19. The molecule has 1 aromatic heterocycles. The Kier molecular flexibility index (Phi) is 5.28. The predicted octanol–water partition coefficient (Wildman–Crippen LogP) is 11.1. The van der Waals surface area contributed by atoms with Crippen molar-refractivity contribution in [1.82, 2.24) is 0 Å². The molecule has 1 N–H and O–H groups in total. The van der Waals surface area contributed by atoms with Crippen LogP contribution < -0.4 is 5.32 Å². The van der Waals surface area contributed by atoms with Gasteiger partial charge in [0.15, 0.2) is 0 Å². The van der Waals surface area contributed by atoms with Crippen LogP contribution in [0.2, 0.25) is 0 Å². The number of hydrogen-bond donors (Lipinski definition) is 1. The monoisotopic (exact) mass is 507 g/mol. The molecule has 0 aliphatic carbocycles. The van der Waals surface area contributed by atoms with Gasteiger partial charge in [0.05, 0.1) is 10.4 Å². The fraction of sp³-hybridized carbons (Fsp3) is 0.111. The highest BCUT2D eigenvalue weighted by Gasteiger charge is 2.21. The highest BCUT2D eigenvalue weighted by atomic mass is 32.1. The van der Waals surface area contributed by atoms with Crippen molar-refractivity contribution in [2.75, 3.05) is 5.32 Å². The van der Waals surface area contributed by atoms with Gasteiger partial charge >= 0.3 is 0 Å². The van der Waals surface area contributed by atoms with Crippen molar-refractivity contribution in [2.45, 2.75) is 26.2 Å². The number of thiophene rings is 1. The van der Waals surface area contributed by atoms with E-state index in [-0.39, 0.29) is 5.41 Å². The van der Waals surface area contributed by atoms with Crippen molar-refractivity contribution >= 4 is 64.4 Å². The van der Waals surface area contributed by atoms with Crippen molar-refractivity contribution in [2.24, 2.45) is 0 Å². The molecule has 0 radical (unpaired) electrons. The van der Waals surface area contributed by atoms with Crippen molar-refractivity contribution in [3.05, 3.63) is 121 Å². The Balaban J connectivity index is 1.34. The van der Waals surface area contributed by atoms with Gasteiger partial charge in [0, 0.05) is 21.2 Å². The molecular weight excluding hydrogens is 478 g/mol. The molecule has 1 heterocycles. The first kappa shape index (κ1) is 23.0. The molecule has 7 rings (SSSR count). The second-order valence-electron chi connectivity index (χ2n) is 11.1. The standard InChI is InChI=1S/C36H29NS/c1-36(2,3)31-14-8-13-30-33-29-12-7-6-11-27(29)22-32(35(33)38-34(30)31)37-28-19-17-24(18-20-28)26-16-15-23-9-4-5-10-25(23)21-26/h4-22,37H,1-3H3. The van der Waals surface area contributed by atoms with E-state index in [1.165, 1.54) is 64.1 Å². The van der Waals surface area contributed by atoms with E-state index >= 15 is 0 Å². The molecule has 38 heavy (non-hydrogen) atoms. The van der Waals surface area contributed by atoms with Gasteiger partial charge < -0.3 is 5.32 Å². The summed E-state index contributed by atoms with van der Waals surface area (Å²) in [5.41, 5.74) is 6.22. The summed E-state index contributed by atoms with van der Waals surface area (Å²) in [5.74, 6) is 0. The van der Waals surface area contributed by atoms with E-state index in [2.05, 4.69) is 141 Å². The lowest BCUT2D eigenvalue weighted by molar-refractivity contribution is 0.597. The summed E-state index contributed by atoms with van der Waals surface area (Å²) in [6, 6.07) is 41.9. The highest BCUT2D eigenvalue weighted by Crippen LogP contribution is 2.46.